The Hall–Kier alpha value is -2.41. The lowest BCUT2D eigenvalue weighted by atomic mass is 9.65. The fourth-order valence-corrected chi connectivity index (χ4v) is 9.99. The second kappa shape index (κ2) is 16.5. The number of carbonyl (C=O) groups is 1. The zero-order valence-corrected chi connectivity index (χ0v) is 31.5. The van der Waals surface area contributed by atoms with Gasteiger partial charge >= 0.3 is 0 Å². The maximum absolute atomic E-state index is 13.8. The summed E-state index contributed by atoms with van der Waals surface area (Å²) in [6.07, 6.45) is 7.11. The number of amides is 1. The molecule has 0 unspecified atom stereocenters. The van der Waals surface area contributed by atoms with Gasteiger partial charge < -0.3 is 28.7 Å². The van der Waals surface area contributed by atoms with Crippen LogP contribution in [0, 0.1) is 23.7 Å². The number of anilines is 1. The van der Waals surface area contributed by atoms with Crippen LogP contribution in [0.2, 0.25) is 5.02 Å². The van der Waals surface area contributed by atoms with Gasteiger partial charge in [0.2, 0.25) is 10.0 Å². The van der Waals surface area contributed by atoms with E-state index in [1.807, 2.05) is 31.2 Å². The van der Waals surface area contributed by atoms with Crippen LogP contribution in [0.5, 0.6) is 5.75 Å². The van der Waals surface area contributed by atoms with E-state index in [1.165, 1.54) is 12.7 Å². The van der Waals surface area contributed by atoms with Gasteiger partial charge in [-0.05, 0) is 118 Å². The van der Waals surface area contributed by atoms with Gasteiger partial charge in [-0.3, -0.25) is 4.79 Å². The van der Waals surface area contributed by atoms with E-state index in [9.17, 15) is 13.2 Å². The number of hydrogen-bond donors (Lipinski definition) is 1. The highest BCUT2D eigenvalue weighted by Crippen LogP contribution is 2.46. The van der Waals surface area contributed by atoms with Crippen molar-refractivity contribution in [3.05, 3.63) is 58.1 Å². The predicted octanol–water partition coefficient (Wildman–Crippen LogP) is 5.90. The molecule has 2 aromatic carbocycles. The summed E-state index contributed by atoms with van der Waals surface area (Å²) in [6, 6.07) is 11.4. The molecule has 3 aliphatic heterocycles. The third kappa shape index (κ3) is 8.61. The van der Waals surface area contributed by atoms with Crippen molar-refractivity contribution in [1.82, 2.24) is 9.62 Å². The molecule has 1 saturated heterocycles. The Labute approximate surface area is 303 Å². The molecule has 0 spiro atoms. The molecule has 50 heavy (non-hydrogen) atoms. The Bertz CT molecular complexity index is 1580. The molecular formula is C38H54ClN3O7S. The highest BCUT2D eigenvalue weighted by atomic mass is 35.5. The molecule has 1 aliphatic carbocycles. The van der Waals surface area contributed by atoms with Crippen LogP contribution in [0.25, 0.3) is 0 Å². The van der Waals surface area contributed by atoms with Gasteiger partial charge in [-0.25, -0.2) is 13.1 Å². The van der Waals surface area contributed by atoms with Crippen molar-refractivity contribution in [2.45, 2.75) is 82.5 Å². The number of likely N-dealkylation sites (N-methyl/N-ethyl adjacent to an activating group) is 1. The van der Waals surface area contributed by atoms with Crippen molar-refractivity contribution in [3.8, 4) is 5.75 Å². The lowest BCUT2D eigenvalue weighted by molar-refractivity contribution is -0.240. The standard InChI is InChI=1S/C38H54ClN3O7S/c1-25-8-7-10-33(38-48-22-31(23-49-38)41(2)3)32-15-12-28(32)20-42-17-6-5-9-26-18-30(39)14-11-29(26)21-47-35-16-13-27(19-34(35)42)37(43)40-50(44,45)36(25)24-46-4/h11,13-14,16,18-19,25,28,31-33,36,38H,5-10,12,15,17,20-24H2,1-4H3,(H,40,43)/t25-,28-,31?,32+,33-,36+,38?/m0/s1. The topological polar surface area (TPSA) is 107 Å². The number of sulfonamides is 1. The van der Waals surface area contributed by atoms with Crippen LogP contribution in [-0.2, 0) is 37.3 Å². The first-order chi connectivity index (χ1) is 24.0. The molecule has 2 bridgehead atoms. The van der Waals surface area contributed by atoms with Crippen molar-refractivity contribution in [3.63, 3.8) is 0 Å². The molecular weight excluding hydrogens is 678 g/mol. The van der Waals surface area contributed by atoms with Crippen LogP contribution < -0.4 is 14.4 Å². The number of ether oxygens (including phenoxy) is 4. The van der Waals surface area contributed by atoms with E-state index in [0.717, 1.165) is 69.3 Å². The van der Waals surface area contributed by atoms with Crippen molar-refractivity contribution in [2.24, 2.45) is 23.7 Å². The van der Waals surface area contributed by atoms with Gasteiger partial charge in [0.15, 0.2) is 6.29 Å². The molecule has 2 fully saturated rings. The molecule has 4 aliphatic rings. The molecule has 1 amide bonds. The third-order valence-electron chi connectivity index (χ3n) is 11.5. The van der Waals surface area contributed by atoms with Crippen molar-refractivity contribution >= 4 is 33.2 Å². The maximum atomic E-state index is 13.8. The molecule has 276 valence electrons. The van der Waals surface area contributed by atoms with Crippen LogP contribution in [0.15, 0.2) is 36.4 Å². The molecule has 12 heteroatoms. The van der Waals surface area contributed by atoms with Crippen LogP contribution in [0.4, 0.5) is 5.69 Å². The average Bonchev–Trinajstić information content (AvgIpc) is 3.11. The molecule has 6 rings (SSSR count). The average molecular weight is 732 g/mol. The van der Waals surface area contributed by atoms with E-state index >= 15 is 0 Å². The van der Waals surface area contributed by atoms with Crippen molar-refractivity contribution in [1.29, 1.82) is 0 Å². The first-order valence-corrected chi connectivity index (χ1v) is 20.2. The van der Waals surface area contributed by atoms with Gasteiger partial charge in [-0.15, -0.1) is 0 Å². The summed E-state index contributed by atoms with van der Waals surface area (Å²) in [7, 11) is 1.55. The number of nitrogens with zero attached hydrogens (tertiary/aromatic N) is 2. The third-order valence-corrected chi connectivity index (χ3v) is 13.6. The molecule has 1 saturated carbocycles. The lowest BCUT2D eigenvalue weighted by Gasteiger charge is -2.48. The van der Waals surface area contributed by atoms with Crippen LogP contribution >= 0.6 is 11.6 Å². The van der Waals surface area contributed by atoms with Crippen molar-refractivity contribution < 1.29 is 32.2 Å². The second-order valence-electron chi connectivity index (χ2n) is 15.0. The molecule has 0 aromatic heterocycles. The number of aryl methyl sites for hydroxylation is 1. The van der Waals surface area contributed by atoms with Crippen LogP contribution in [0.3, 0.4) is 0 Å². The smallest absolute Gasteiger partial charge is 0.264 e. The molecule has 3 heterocycles. The van der Waals surface area contributed by atoms with Gasteiger partial charge in [0, 0.05) is 36.7 Å². The lowest BCUT2D eigenvalue weighted by Crippen LogP contribution is -2.50. The number of halogens is 1. The maximum Gasteiger partial charge on any atom is 0.264 e. The van der Waals surface area contributed by atoms with E-state index in [4.69, 9.17) is 30.5 Å². The minimum atomic E-state index is -4.05. The van der Waals surface area contributed by atoms with Crippen LogP contribution in [-0.4, -0.2) is 90.9 Å². The zero-order valence-electron chi connectivity index (χ0n) is 29.9. The summed E-state index contributed by atoms with van der Waals surface area (Å²) in [4.78, 5) is 18.2. The van der Waals surface area contributed by atoms with Gasteiger partial charge in [-0.1, -0.05) is 31.0 Å². The van der Waals surface area contributed by atoms with Gasteiger partial charge in [-0.2, -0.15) is 0 Å². The SMILES string of the molecule is COC[C@@H]1[C@@H](C)CCC[C@H](C2OCC(N(C)C)CO2)[C@@H]2CC[C@H]2CN2CCCCc3cc(Cl)ccc3COc3ccc(cc32)C(=O)NS1(=O)=O. The molecule has 2 aromatic rings. The minimum absolute atomic E-state index is 0.00281. The molecule has 5 atom stereocenters. The number of methoxy groups -OCH3 is 1. The van der Waals surface area contributed by atoms with E-state index in [1.54, 1.807) is 12.1 Å². The normalized spacial score (nSPS) is 30.9. The summed E-state index contributed by atoms with van der Waals surface area (Å²) in [5, 5.41) is -0.165. The number of nitrogens with one attached hydrogen (secondary N) is 1. The fourth-order valence-electron chi connectivity index (χ4n) is 8.20. The summed E-state index contributed by atoms with van der Waals surface area (Å²) in [6.45, 7) is 5.14. The number of fused-ring (bicyclic) bond motifs is 3. The number of carbonyl (C=O) groups excluding carboxylic acids is 1. The predicted molar refractivity (Wildman–Crippen MR) is 195 cm³/mol. The van der Waals surface area contributed by atoms with E-state index in [-0.39, 0.29) is 36.3 Å². The Morgan fingerprint density at radius 2 is 1.78 bits per heavy atom. The summed E-state index contributed by atoms with van der Waals surface area (Å²) in [5.74, 6) is 0.799. The van der Waals surface area contributed by atoms with Gasteiger partial charge in [0.1, 0.15) is 17.6 Å². The largest absolute Gasteiger partial charge is 0.487 e. The van der Waals surface area contributed by atoms with Crippen LogP contribution in [0.1, 0.15) is 73.4 Å². The number of rotatable bonds is 4. The quantitative estimate of drug-likeness (QED) is 0.412. The summed E-state index contributed by atoms with van der Waals surface area (Å²) >= 11 is 6.38. The zero-order chi connectivity index (χ0) is 35.4. The molecule has 1 N–H and O–H groups in total. The Morgan fingerprint density at radius 1 is 0.980 bits per heavy atom. The molecule has 10 nitrogen and oxygen atoms in total. The number of hydrogen-bond acceptors (Lipinski definition) is 9. The van der Waals surface area contributed by atoms with Gasteiger partial charge in [0.25, 0.3) is 5.91 Å². The van der Waals surface area contributed by atoms with Gasteiger partial charge in [0.05, 0.1) is 31.5 Å². The highest BCUT2D eigenvalue weighted by Gasteiger charge is 2.44. The Morgan fingerprint density at radius 3 is 2.50 bits per heavy atom. The molecule has 0 radical (unpaired) electrons. The Balaban J connectivity index is 1.36. The first-order valence-electron chi connectivity index (χ1n) is 18.3. The monoisotopic (exact) mass is 731 g/mol. The highest BCUT2D eigenvalue weighted by molar-refractivity contribution is 7.90. The first kappa shape index (κ1) is 37.4. The Kier molecular flexibility index (Phi) is 12.3. The van der Waals surface area contributed by atoms with E-state index < -0.39 is 21.2 Å². The van der Waals surface area contributed by atoms with Crippen molar-refractivity contribution in [2.75, 3.05) is 59.0 Å². The van der Waals surface area contributed by atoms with E-state index in [0.29, 0.717) is 48.8 Å². The fraction of sp³-hybridized carbons (Fsp3) is 0.658. The van der Waals surface area contributed by atoms with E-state index in [2.05, 4.69) is 28.6 Å². The summed E-state index contributed by atoms with van der Waals surface area (Å²) < 4.78 is 54.7. The second-order valence-corrected chi connectivity index (χ2v) is 17.3. The summed E-state index contributed by atoms with van der Waals surface area (Å²) in [5.41, 5.74) is 3.36. The number of benzene rings is 2. The minimum Gasteiger partial charge on any atom is -0.487 e.